The molecule has 0 aliphatic heterocycles. The summed E-state index contributed by atoms with van der Waals surface area (Å²) in [6, 6.07) is 5.39. The van der Waals surface area contributed by atoms with Gasteiger partial charge in [-0.25, -0.2) is 4.39 Å². The second-order valence-electron chi connectivity index (χ2n) is 3.86. The highest BCUT2D eigenvalue weighted by Gasteiger charge is 2.34. The summed E-state index contributed by atoms with van der Waals surface area (Å²) in [7, 11) is 0. The van der Waals surface area contributed by atoms with Crippen LogP contribution in [0.2, 0.25) is 0 Å². The third-order valence-corrected chi connectivity index (χ3v) is 2.68. The molecule has 7 heteroatoms. The van der Waals surface area contributed by atoms with E-state index in [-0.39, 0.29) is 17.4 Å². The van der Waals surface area contributed by atoms with Crippen molar-refractivity contribution in [1.82, 2.24) is 4.98 Å². The molecule has 1 aromatic heterocycles. The Morgan fingerprint density at radius 3 is 2.45 bits per heavy atom. The van der Waals surface area contributed by atoms with E-state index in [4.69, 9.17) is 16.3 Å². The Bertz CT molecular complexity index is 616. The number of aromatic nitrogens is 1. The smallest absolute Gasteiger partial charge is 0.419 e. The Labute approximate surface area is 117 Å². The third-order valence-electron chi connectivity index (χ3n) is 2.40. The number of benzene rings is 1. The topological polar surface area (TPSA) is 22.1 Å². The molecule has 1 aromatic carbocycles. The van der Waals surface area contributed by atoms with Gasteiger partial charge in [-0.2, -0.15) is 13.2 Å². The molecule has 106 valence electrons. The molecule has 0 unspecified atom stereocenters. The van der Waals surface area contributed by atoms with E-state index >= 15 is 0 Å². The van der Waals surface area contributed by atoms with Crippen LogP contribution in [0.3, 0.4) is 0 Å². The molecule has 2 aromatic rings. The first-order chi connectivity index (χ1) is 9.40. The van der Waals surface area contributed by atoms with Gasteiger partial charge in [0.25, 0.3) is 0 Å². The Kier molecular flexibility index (Phi) is 4.13. The molecule has 20 heavy (non-hydrogen) atoms. The van der Waals surface area contributed by atoms with Crippen molar-refractivity contribution < 1.29 is 22.3 Å². The standard InChI is InChI=1S/C13H8ClF4NO/c14-7-8-5-10(3-4-19-8)20-9-1-2-12(15)11(6-9)13(16,17)18/h1-6H,7H2. The van der Waals surface area contributed by atoms with Gasteiger partial charge in [-0.1, -0.05) is 0 Å². The SMILES string of the molecule is Fc1ccc(Oc2ccnc(CCl)c2)cc1C(F)(F)F. The van der Waals surface area contributed by atoms with Crippen molar-refractivity contribution in [2.24, 2.45) is 0 Å². The van der Waals surface area contributed by atoms with Crippen LogP contribution in [-0.2, 0) is 12.1 Å². The van der Waals surface area contributed by atoms with Gasteiger partial charge in [0.05, 0.1) is 17.1 Å². The Morgan fingerprint density at radius 1 is 1.10 bits per heavy atom. The summed E-state index contributed by atoms with van der Waals surface area (Å²) in [4.78, 5) is 3.92. The summed E-state index contributed by atoms with van der Waals surface area (Å²) in [5.74, 6) is -1.05. The van der Waals surface area contributed by atoms with Gasteiger partial charge in [0.1, 0.15) is 17.3 Å². The first-order valence-electron chi connectivity index (χ1n) is 5.45. The van der Waals surface area contributed by atoms with E-state index < -0.39 is 17.6 Å². The largest absolute Gasteiger partial charge is 0.457 e. The van der Waals surface area contributed by atoms with E-state index in [1.54, 1.807) is 0 Å². The lowest BCUT2D eigenvalue weighted by Gasteiger charge is -2.11. The summed E-state index contributed by atoms with van der Waals surface area (Å²) in [6.07, 6.45) is -3.36. The molecule has 0 bridgehead atoms. The molecule has 0 atom stereocenters. The van der Waals surface area contributed by atoms with Crippen molar-refractivity contribution in [2.75, 3.05) is 0 Å². The summed E-state index contributed by atoms with van der Waals surface area (Å²) >= 11 is 5.59. The molecule has 1 heterocycles. The molecule has 0 N–H and O–H groups in total. The normalized spacial score (nSPS) is 11.4. The van der Waals surface area contributed by atoms with Crippen molar-refractivity contribution in [1.29, 1.82) is 0 Å². The quantitative estimate of drug-likeness (QED) is 0.602. The third kappa shape index (κ3) is 3.39. The van der Waals surface area contributed by atoms with Gasteiger partial charge in [-0.15, -0.1) is 11.6 Å². The minimum atomic E-state index is -4.77. The van der Waals surface area contributed by atoms with E-state index in [0.29, 0.717) is 17.8 Å². The van der Waals surface area contributed by atoms with Crippen LogP contribution < -0.4 is 4.74 Å². The second kappa shape index (κ2) is 5.66. The van der Waals surface area contributed by atoms with Crippen LogP contribution in [0.4, 0.5) is 17.6 Å². The van der Waals surface area contributed by atoms with E-state index in [1.165, 1.54) is 18.3 Å². The molecule has 0 saturated carbocycles. The van der Waals surface area contributed by atoms with Crippen LogP contribution in [0.25, 0.3) is 0 Å². The fraction of sp³-hybridized carbons (Fsp3) is 0.154. The summed E-state index contributed by atoms with van der Waals surface area (Å²) in [5.41, 5.74) is -0.857. The number of rotatable bonds is 3. The number of hydrogen-bond donors (Lipinski definition) is 0. The van der Waals surface area contributed by atoms with Crippen LogP contribution in [0, 0.1) is 5.82 Å². The Hall–Kier alpha value is -1.82. The van der Waals surface area contributed by atoms with Crippen LogP contribution in [0.1, 0.15) is 11.3 Å². The van der Waals surface area contributed by atoms with Crippen molar-refractivity contribution >= 4 is 11.6 Å². The molecule has 0 fully saturated rings. The molecule has 0 amide bonds. The van der Waals surface area contributed by atoms with Crippen LogP contribution >= 0.6 is 11.6 Å². The fourth-order valence-electron chi connectivity index (χ4n) is 1.51. The molecule has 0 saturated heterocycles. The van der Waals surface area contributed by atoms with Crippen molar-refractivity contribution in [3.05, 3.63) is 53.6 Å². The first kappa shape index (κ1) is 14.6. The monoisotopic (exact) mass is 305 g/mol. The number of alkyl halides is 4. The van der Waals surface area contributed by atoms with E-state index in [0.717, 1.165) is 6.07 Å². The van der Waals surface area contributed by atoms with E-state index in [9.17, 15) is 17.6 Å². The Balaban J connectivity index is 2.30. The molecular formula is C13H8ClF4NO. The predicted molar refractivity (Wildman–Crippen MR) is 65.3 cm³/mol. The average molecular weight is 306 g/mol. The molecular weight excluding hydrogens is 298 g/mol. The molecule has 2 rings (SSSR count). The highest BCUT2D eigenvalue weighted by molar-refractivity contribution is 6.16. The minimum absolute atomic E-state index is 0.120. The van der Waals surface area contributed by atoms with E-state index in [2.05, 4.69) is 4.98 Å². The molecule has 0 spiro atoms. The lowest BCUT2D eigenvalue weighted by molar-refractivity contribution is -0.140. The Morgan fingerprint density at radius 2 is 1.80 bits per heavy atom. The minimum Gasteiger partial charge on any atom is -0.457 e. The highest BCUT2D eigenvalue weighted by atomic mass is 35.5. The molecule has 2 nitrogen and oxygen atoms in total. The molecule has 0 aliphatic rings. The van der Waals surface area contributed by atoms with Crippen LogP contribution in [0.15, 0.2) is 36.5 Å². The number of pyridine rings is 1. The zero-order valence-electron chi connectivity index (χ0n) is 9.92. The number of nitrogens with zero attached hydrogens (tertiary/aromatic N) is 1. The van der Waals surface area contributed by atoms with E-state index in [1.807, 2.05) is 0 Å². The maximum absolute atomic E-state index is 13.1. The molecule has 0 radical (unpaired) electrons. The summed E-state index contributed by atoms with van der Waals surface area (Å²) < 4.78 is 56.1. The van der Waals surface area contributed by atoms with Gasteiger partial charge in [0, 0.05) is 12.3 Å². The lowest BCUT2D eigenvalue weighted by Crippen LogP contribution is -2.08. The van der Waals surface area contributed by atoms with Gasteiger partial charge in [-0.05, 0) is 24.3 Å². The maximum Gasteiger partial charge on any atom is 0.419 e. The first-order valence-corrected chi connectivity index (χ1v) is 5.99. The van der Waals surface area contributed by atoms with Gasteiger partial charge >= 0.3 is 6.18 Å². The number of hydrogen-bond acceptors (Lipinski definition) is 2. The summed E-state index contributed by atoms with van der Waals surface area (Å²) in [6.45, 7) is 0. The van der Waals surface area contributed by atoms with Gasteiger partial charge < -0.3 is 4.74 Å². The predicted octanol–water partition coefficient (Wildman–Crippen LogP) is 4.77. The summed E-state index contributed by atoms with van der Waals surface area (Å²) in [5, 5.41) is 0. The maximum atomic E-state index is 13.1. The molecule has 0 aliphatic carbocycles. The van der Waals surface area contributed by atoms with Crippen molar-refractivity contribution in [2.45, 2.75) is 12.1 Å². The van der Waals surface area contributed by atoms with Crippen molar-refractivity contribution in [3.8, 4) is 11.5 Å². The van der Waals surface area contributed by atoms with Crippen LogP contribution in [0.5, 0.6) is 11.5 Å². The zero-order valence-corrected chi connectivity index (χ0v) is 10.7. The zero-order chi connectivity index (χ0) is 14.8. The second-order valence-corrected chi connectivity index (χ2v) is 4.13. The van der Waals surface area contributed by atoms with Crippen molar-refractivity contribution in [3.63, 3.8) is 0 Å². The fourth-order valence-corrected chi connectivity index (χ4v) is 1.66. The average Bonchev–Trinajstić information content (AvgIpc) is 2.40. The van der Waals surface area contributed by atoms with Crippen LogP contribution in [-0.4, -0.2) is 4.98 Å². The highest BCUT2D eigenvalue weighted by Crippen LogP contribution is 2.34. The van der Waals surface area contributed by atoms with Gasteiger partial charge in [0.15, 0.2) is 0 Å². The lowest BCUT2D eigenvalue weighted by atomic mass is 10.2. The number of halogens is 5. The van der Waals surface area contributed by atoms with Gasteiger partial charge in [-0.3, -0.25) is 4.98 Å². The van der Waals surface area contributed by atoms with Gasteiger partial charge in [0.2, 0.25) is 0 Å². The number of ether oxygens (including phenoxy) is 1.